The zero-order chi connectivity index (χ0) is 18.7. The van der Waals surface area contributed by atoms with Crippen molar-refractivity contribution in [1.29, 1.82) is 0 Å². The Balaban J connectivity index is 1.92. The standard InChI is InChI=1S/C19H19N3O4/c1-11-16-10-14(26-3)7-8-15(16)17(18(23)20-11)22-19(24)21-12-5-4-6-13(9-12)25-2/h4-10H,1-3H3,(H,20,23)(H2,21,22,24). The zero-order valence-corrected chi connectivity index (χ0v) is 14.7. The average molecular weight is 353 g/mol. The molecule has 0 saturated heterocycles. The van der Waals surface area contributed by atoms with Gasteiger partial charge in [-0.3, -0.25) is 4.79 Å². The molecule has 3 aromatic rings. The fourth-order valence-electron chi connectivity index (χ4n) is 2.70. The molecule has 7 heteroatoms. The number of hydrogen-bond donors (Lipinski definition) is 3. The second-order valence-corrected chi connectivity index (χ2v) is 5.68. The van der Waals surface area contributed by atoms with E-state index in [2.05, 4.69) is 15.6 Å². The van der Waals surface area contributed by atoms with E-state index in [1.807, 2.05) is 6.07 Å². The molecule has 0 spiro atoms. The minimum atomic E-state index is -0.523. The zero-order valence-electron chi connectivity index (χ0n) is 14.7. The number of pyridine rings is 1. The van der Waals surface area contributed by atoms with Gasteiger partial charge in [-0.05, 0) is 37.3 Å². The number of aromatic nitrogens is 1. The van der Waals surface area contributed by atoms with Crippen LogP contribution in [0.3, 0.4) is 0 Å². The molecule has 0 unspecified atom stereocenters. The summed E-state index contributed by atoms with van der Waals surface area (Å²) in [4.78, 5) is 27.4. The maximum Gasteiger partial charge on any atom is 0.323 e. The summed E-state index contributed by atoms with van der Waals surface area (Å²) in [5.41, 5.74) is 1.05. The average Bonchev–Trinajstić information content (AvgIpc) is 2.64. The largest absolute Gasteiger partial charge is 0.497 e. The van der Waals surface area contributed by atoms with Crippen LogP contribution in [0, 0.1) is 6.92 Å². The van der Waals surface area contributed by atoms with Gasteiger partial charge in [-0.1, -0.05) is 6.07 Å². The quantitative estimate of drug-likeness (QED) is 0.669. The van der Waals surface area contributed by atoms with E-state index >= 15 is 0 Å². The highest BCUT2D eigenvalue weighted by molar-refractivity contribution is 6.06. The van der Waals surface area contributed by atoms with Crippen LogP contribution in [0.5, 0.6) is 11.5 Å². The number of methoxy groups -OCH3 is 2. The van der Waals surface area contributed by atoms with E-state index in [4.69, 9.17) is 9.47 Å². The SMILES string of the molecule is COc1cccc(NC(=O)Nc2c(=O)[nH]c(C)c3cc(OC)ccc23)c1. The fourth-order valence-corrected chi connectivity index (χ4v) is 2.70. The number of benzene rings is 2. The van der Waals surface area contributed by atoms with Gasteiger partial charge in [0.15, 0.2) is 0 Å². The number of nitrogens with one attached hydrogen (secondary N) is 3. The molecule has 0 saturated carbocycles. The first-order valence-electron chi connectivity index (χ1n) is 7.94. The molecule has 2 aromatic carbocycles. The van der Waals surface area contributed by atoms with Gasteiger partial charge in [0, 0.05) is 28.2 Å². The van der Waals surface area contributed by atoms with Crippen molar-refractivity contribution in [3.05, 3.63) is 58.5 Å². The lowest BCUT2D eigenvalue weighted by atomic mass is 10.1. The number of amides is 2. The van der Waals surface area contributed by atoms with Crippen LogP contribution in [-0.2, 0) is 0 Å². The third kappa shape index (κ3) is 3.46. The van der Waals surface area contributed by atoms with Crippen LogP contribution >= 0.6 is 0 Å². The van der Waals surface area contributed by atoms with E-state index < -0.39 is 6.03 Å². The van der Waals surface area contributed by atoms with Gasteiger partial charge in [-0.25, -0.2) is 4.79 Å². The summed E-state index contributed by atoms with van der Waals surface area (Å²) in [5.74, 6) is 1.29. The van der Waals surface area contributed by atoms with Crippen LogP contribution in [0.4, 0.5) is 16.2 Å². The number of carbonyl (C=O) groups is 1. The van der Waals surface area contributed by atoms with Gasteiger partial charge < -0.3 is 25.1 Å². The number of anilines is 2. The molecule has 3 rings (SSSR count). The number of H-pyrrole nitrogens is 1. The Bertz CT molecular complexity index is 1030. The lowest BCUT2D eigenvalue weighted by Crippen LogP contribution is -2.25. The number of hydrogen-bond acceptors (Lipinski definition) is 4. The Kier molecular flexibility index (Phi) is 4.79. The van der Waals surface area contributed by atoms with Gasteiger partial charge in [-0.15, -0.1) is 0 Å². The molecule has 0 radical (unpaired) electrons. The molecule has 3 N–H and O–H groups in total. The van der Waals surface area contributed by atoms with E-state index in [1.165, 1.54) is 0 Å². The molecule has 0 aliphatic carbocycles. The van der Waals surface area contributed by atoms with Gasteiger partial charge in [-0.2, -0.15) is 0 Å². The van der Waals surface area contributed by atoms with Gasteiger partial charge in [0.2, 0.25) is 0 Å². The van der Waals surface area contributed by atoms with E-state index in [0.717, 1.165) is 5.39 Å². The highest BCUT2D eigenvalue weighted by Crippen LogP contribution is 2.26. The van der Waals surface area contributed by atoms with Crippen LogP contribution in [-0.4, -0.2) is 25.2 Å². The summed E-state index contributed by atoms with van der Waals surface area (Å²) in [5, 5.41) is 6.74. The highest BCUT2D eigenvalue weighted by Gasteiger charge is 2.13. The maximum absolute atomic E-state index is 12.3. The van der Waals surface area contributed by atoms with E-state index in [9.17, 15) is 9.59 Å². The molecule has 7 nitrogen and oxygen atoms in total. The Hall–Kier alpha value is -3.48. The Morgan fingerprint density at radius 3 is 2.42 bits per heavy atom. The summed E-state index contributed by atoms with van der Waals surface area (Å²) >= 11 is 0. The first kappa shape index (κ1) is 17.3. The summed E-state index contributed by atoms with van der Waals surface area (Å²) in [7, 11) is 3.12. The summed E-state index contributed by atoms with van der Waals surface area (Å²) in [6.07, 6.45) is 0. The van der Waals surface area contributed by atoms with Crippen molar-refractivity contribution in [3.63, 3.8) is 0 Å². The molecule has 0 aliphatic rings. The molecule has 2 amide bonds. The van der Waals surface area contributed by atoms with E-state index in [0.29, 0.717) is 28.3 Å². The van der Waals surface area contributed by atoms with Crippen LogP contribution in [0.1, 0.15) is 5.69 Å². The molecule has 0 atom stereocenters. The van der Waals surface area contributed by atoms with E-state index in [1.54, 1.807) is 57.5 Å². The van der Waals surface area contributed by atoms with Crippen molar-refractivity contribution in [2.45, 2.75) is 6.92 Å². The molecule has 0 bridgehead atoms. The lowest BCUT2D eigenvalue weighted by Gasteiger charge is -2.12. The van der Waals surface area contributed by atoms with Crippen molar-refractivity contribution >= 4 is 28.2 Å². The minimum Gasteiger partial charge on any atom is -0.497 e. The maximum atomic E-state index is 12.3. The summed E-state index contributed by atoms with van der Waals surface area (Å²) < 4.78 is 10.4. The molecule has 1 aromatic heterocycles. The van der Waals surface area contributed by atoms with Crippen LogP contribution in [0.15, 0.2) is 47.3 Å². The second kappa shape index (κ2) is 7.18. The van der Waals surface area contributed by atoms with Gasteiger partial charge >= 0.3 is 6.03 Å². The summed E-state index contributed by atoms with van der Waals surface area (Å²) in [6, 6.07) is 11.7. The van der Waals surface area contributed by atoms with Gasteiger partial charge in [0.1, 0.15) is 17.2 Å². The van der Waals surface area contributed by atoms with Crippen LogP contribution < -0.4 is 25.7 Å². The van der Waals surface area contributed by atoms with Crippen LogP contribution in [0.25, 0.3) is 10.8 Å². The number of aromatic amines is 1. The number of urea groups is 1. The predicted molar refractivity (Wildman–Crippen MR) is 101 cm³/mol. The number of rotatable bonds is 4. The normalized spacial score (nSPS) is 10.4. The number of fused-ring (bicyclic) bond motifs is 1. The molecular weight excluding hydrogens is 334 g/mol. The van der Waals surface area contributed by atoms with Crippen molar-refractivity contribution in [1.82, 2.24) is 4.98 Å². The number of carbonyl (C=O) groups excluding carboxylic acids is 1. The Morgan fingerprint density at radius 2 is 1.69 bits per heavy atom. The Morgan fingerprint density at radius 1 is 0.962 bits per heavy atom. The van der Waals surface area contributed by atoms with Crippen LogP contribution in [0.2, 0.25) is 0 Å². The third-order valence-electron chi connectivity index (χ3n) is 3.99. The third-order valence-corrected chi connectivity index (χ3v) is 3.99. The van der Waals surface area contributed by atoms with Crippen molar-refractivity contribution < 1.29 is 14.3 Å². The second-order valence-electron chi connectivity index (χ2n) is 5.68. The monoisotopic (exact) mass is 353 g/mol. The predicted octanol–water partition coefficient (Wildman–Crippen LogP) is 3.50. The van der Waals surface area contributed by atoms with Crippen molar-refractivity contribution in [3.8, 4) is 11.5 Å². The van der Waals surface area contributed by atoms with Gasteiger partial charge in [0.25, 0.3) is 5.56 Å². The van der Waals surface area contributed by atoms with Gasteiger partial charge in [0.05, 0.1) is 14.2 Å². The van der Waals surface area contributed by atoms with E-state index in [-0.39, 0.29) is 11.2 Å². The summed E-state index contributed by atoms with van der Waals surface area (Å²) in [6.45, 7) is 1.79. The smallest absolute Gasteiger partial charge is 0.323 e. The first-order chi connectivity index (χ1) is 12.5. The number of ether oxygens (including phenoxy) is 2. The highest BCUT2D eigenvalue weighted by atomic mass is 16.5. The Labute approximate surface area is 149 Å². The topological polar surface area (TPSA) is 92.5 Å². The molecule has 0 aliphatic heterocycles. The molecular formula is C19H19N3O4. The molecule has 26 heavy (non-hydrogen) atoms. The fraction of sp³-hybridized carbons (Fsp3) is 0.158. The van der Waals surface area contributed by atoms with Crippen molar-refractivity contribution in [2.24, 2.45) is 0 Å². The molecule has 1 heterocycles. The molecule has 0 fully saturated rings. The molecule has 134 valence electrons. The lowest BCUT2D eigenvalue weighted by molar-refractivity contribution is 0.262. The van der Waals surface area contributed by atoms with Crippen molar-refractivity contribution in [2.75, 3.05) is 24.9 Å². The number of aryl methyl sites for hydroxylation is 1. The first-order valence-corrected chi connectivity index (χ1v) is 7.94. The minimum absolute atomic E-state index is 0.175.